The van der Waals surface area contributed by atoms with Crippen LogP contribution in [0.1, 0.15) is 29.6 Å². The Morgan fingerprint density at radius 3 is 2.71 bits per heavy atom. The first kappa shape index (κ1) is 25.0. The maximum atomic E-state index is 14.6. The molecule has 3 aromatic heterocycles. The second-order valence-electron chi connectivity index (χ2n) is 9.26. The predicted octanol–water partition coefficient (Wildman–Crippen LogP) is 3.10. The fourth-order valence-electron chi connectivity index (χ4n) is 4.33. The normalized spacial score (nSPS) is 15.2. The van der Waals surface area contributed by atoms with Crippen LogP contribution in [0.3, 0.4) is 0 Å². The molecule has 38 heavy (non-hydrogen) atoms. The number of nitrogens with zero attached hydrogens (tertiary/aromatic N) is 5. The highest BCUT2D eigenvalue weighted by Crippen LogP contribution is 2.28. The molecule has 0 spiro atoms. The third-order valence-corrected chi connectivity index (χ3v) is 6.47. The minimum atomic E-state index is -0.329. The van der Waals surface area contributed by atoms with Gasteiger partial charge in [-0.3, -0.25) is 10.1 Å². The minimum Gasteiger partial charge on any atom is -0.352 e. The van der Waals surface area contributed by atoms with Crippen LogP contribution in [0, 0.1) is 12.7 Å². The topological polar surface area (TPSA) is 112 Å². The molecule has 4 aromatic rings. The molecule has 1 aliphatic rings. The molecule has 0 atom stereocenters. The van der Waals surface area contributed by atoms with Gasteiger partial charge in [0.1, 0.15) is 17.3 Å². The number of nitrogens with one attached hydrogen (secondary N) is 2. The summed E-state index contributed by atoms with van der Waals surface area (Å²) in [4.78, 5) is 19.2. The average molecular weight is 509 g/mol. The zero-order valence-electron chi connectivity index (χ0n) is 21.4. The quantitative estimate of drug-likeness (QED) is 0.331. The largest absolute Gasteiger partial charge is 0.352 e. The van der Waals surface area contributed by atoms with Crippen LogP contribution in [-0.4, -0.2) is 49.3 Å². The van der Waals surface area contributed by atoms with Crippen LogP contribution in [0.25, 0.3) is 35.3 Å². The molecule has 0 saturated carbocycles. The lowest BCUT2D eigenvalue weighted by atomic mass is 10.0. The number of hydrogen-bond donors (Lipinski definition) is 3. The van der Waals surface area contributed by atoms with Crippen LogP contribution in [-0.2, 0) is 0 Å². The average Bonchev–Trinajstić information content (AvgIpc) is 3.46. The van der Waals surface area contributed by atoms with E-state index in [0.29, 0.717) is 33.6 Å². The molecule has 5 rings (SSSR count). The number of nitrogens with two attached hydrogens (primary N) is 1. The number of aromatic nitrogens is 6. The lowest BCUT2D eigenvalue weighted by Gasteiger charge is -2.37. The van der Waals surface area contributed by atoms with Gasteiger partial charge in [0.25, 0.3) is 0 Å². The van der Waals surface area contributed by atoms with Gasteiger partial charge in [0.2, 0.25) is 0 Å². The van der Waals surface area contributed by atoms with Gasteiger partial charge >= 0.3 is 0 Å². The number of benzene rings is 1. The molecule has 0 amide bonds. The Labute approximate surface area is 219 Å². The van der Waals surface area contributed by atoms with E-state index in [2.05, 4.69) is 38.2 Å². The first-order valence-corrected chi connectivity index (χ1v) is 12.3. The van der Waals surface area contributed by atoms with E-state index in [1.807, 2.05) is 26.0 Å². The SMILES string of the molecule is C=C/C=C(/c1ccccc1F)c1nc(-c2n[nH]/c(=C/C=C(\C)c3cncc(N4CC(N)C4)n3)c2=C)[nH]c1C. The zero-order valence-corrected chi connectivity index (χ0v) is 21.4. The van der Waals surface area contributed by atoms with E-state index in [0.717, 1.165) is 41.2 Å². The number of imidazole rings is 1. The number of anilines is 1. The molecule has 1 aliphatic heterocycles. The van der Waals surface area contributed by atoms with Crippen molar-refractivity contribution in [2.45, 2.75) is 19.9 Å². The molecular formula is C29H29FN8. The summed E-state index contributed by atoms with van der Waals surface area (Å²) in [5.41, 5.74) is 10.7. The fourth-order valence-corrected chi connectivity index (χ4v) is 4.33. The number of aryl methyl sites for hydroxylation is 1. The van der Waals surface area contributed by atoms with Gasteiger partial charge in [-0.25, -0.2) is 14.4 Å². The number of hydrogen-bond acceptors (Lipinski definition) is 6. The highest BCUT2D eigenvalue weighted by atomic mass is 19.1. The highest BCUT2D eigenvalue weighted by molar-refractivity contribution is 5.81. The van der Waals surface area contributed by atoms with Crippen molar-refractivity contribution in [3.05, 3.63) is 100 Å². The Morgan fingerprint density at radius 2 is 1.97 bits per heavy atom. The number of allylic oxidation sites excluding steroid dienone is 4. The molecule has 1 saturated heterocycles. The monoisotopic (exact) mass is 508 g/mol. The summed E-state index contributed by atoms with van der Waals surface area (Å²) in [6.45, 7) is 13.4. The third-order valence-electron chi connectivity index (χ3n) is 6.47. The number of H-pyrrole nitrogens is 2. The Hall–Kier alpha value is -4.63. The molecule has 0 unspecified atom stereocenters. The minimum absolute atomic E-state index is 0.189. The van der Waals surface area contributed by atoms with Crippen LogP contribution in [0.4, 0.5) is 10.2 Å². The maximum Gasteiger partial charge on any atom is 0.159 e. The highest BCUT2D eigenvalue weighted by Gasteiger charge is 2.24. The Balaban J connectivity index is 1.44. The summed E-state index contributed by atoms with van der Waals surface area (Å²) in [6, 6.07) is 6.79. The number of rotatable bonds is 7. The van der Waals surface area contributed by atoms with Gasteiger partial charge in [0.05, 0.1) is 29.1 Å². The summed E-state index contributed by atoms with van der Waals surface area (Å²) in [5.74, 6) is 1.03. The van der Waals surface area contributed by atoms with Crippen LogP contribution in [0.2, 0.25) is 0 Å². The van der Waals surface area contributed by atoms with Crippen molar-refractivity contribution in [3.8, 4) is 11.5 Å². The molecule has 4 heterocycles. The number of halogens is 1. The molecule has 0 radical (unpaired) electrons. The first-order valence-electron chi connectivity index (χ1n) is 12.3. The van der Waals surface area contributed by atoms with Gasteiger partial charge in [-0.2, -0.15) is 5.10 Å². The summed E-state index contributed by atoms with van der Waals surface area (Å²) in [7, 11) is 0. The molecule has 1 aromatic carbocycles. The molecule has 9 heteroatoms. The van der Waals surface area contributed by atoms with Crippen molar-refractivity contribution in [1.29, 1.82) is 0 Å². The molecule has 192 valence electrons. The molecule has 0 bridgehead atoms. The van der Waals surface area contributed by atoms with E-state index in [9.17, 15) is 4.39 Å². The van der Waals surface area contributed by atoms with Crippen molar-refractivity contribution in [2.24, 2.45) is 5.73 Å². The van der Waals surface area contributed by atoms with Crippen LogP contribution >= 0.6 is 0 Å². The lowest BCUT2D eigenvalue weighted by molar-refractivity contribution is 0.513. The van der Waals surface area contributed by atoms with E-state index in [4.69, 9.17) is 15.7 Å². The standard InChI is InChI=1S/C29H29FN8/c1-5-8-22(21-9-6-7-10-23(21)30)28-19(4)33-29(35-28)27-18(3)24(36-37-27)12-11-17(2)25-13-32-14-26(34-25)38-15-20(31)16-38/h5-14,20,36H,1,3,15-16,31H2,2,4H3,(H,33,35)/b17-11+,22-8-,24-12+. The lowest BCUT2D eigenvalue weighted by Crippen LogP contribution is -2.56. The van der Waals surface area contributed by atoms with Gasteiger partial charge in [0, 0.05) is 41.2 Å². The molecule has 8 nitrogen and oxygen atoms in total. The van der Waals surface area contributed by atoms with E-state index in [1.54, 1.807) is 42.7 Å². The van der Waals surface area contributed by atoms with Gasteiger partial charge < -0.3 is 15.6 Å². The van der Waals surface area contributed by atoms with Crippen LogP contribution < -0.4 is 21.2 Å². The van der Waals surface area contributed by atoms with Crippen LogP contribution in [0.5, 0.6) is 0 Å². The first-order chi connectivity index (χ1) is 18.4. The molecule has 1 fully saturated rings. The molecule has 0 aliphatic carbocycles. The van der Waals surface area contributed by atoms with Crippen molar-refractivity contribution in [2.75, 3.05) is 18.0 Å². The van der Waals surface area contributed by atoms with Crippen molar-refractivity contribution in [1.82, 2.24) is 30.1 Å². The third kappa shape index (κ3) is 4.83. The van der Waals surface area contributed by atoms with E-state index in [1.165, 1.54) is 6.07 Å². The van der Waals surface area contributed by atoms with Crippen LogP contribution in [0.15, 0.2) is 61.5 Å². The van der Waals surface area contributed by atoms with Gasteiger partial charge in [-0.1, -0.05) is 49.6 Å². The van der Waals surface area contributed by atoms with E-state index < -0.39 is 0 Å². The van der Waals surface area contributed by atoms with E-state index >= 15 is 0 Å². The second-order valence-corrected chi connectivity index (χ2v) is 9.26. The van der Waals surface area contributed by atoms with Crippen molar-refractivity contribution < 1.29 is 4.39 Å². The molecular weight excluding hydrogens is 479 g/mol. The van der Waals surface area contributed by atoms with Crippen molar-refractivity contribution >= 4 is 29.6 Å². The predicted molar refractivity (Wildman–Crippen MR) is 150 cm³/mol. The summed E-state index contributed by atoms with van der Waals surface area (Å²) < 4.78 is 14.6. The summed E-state index contributed by atoms with van der Waals surface area (Å²) >= 11 is 0. The summed E-state index contributed by atoms with van der Waals surface area (Å²) in [5, 5.41) is 8.91. The zero-order chi connectivity index (χ0) is 26.8. The summed E-state index contributed by atoms with van der Waals surface area (Å²) in [6.07, 6.45) is 10.7. The molecule has 4 N–H and O–H groups in total. The Bertz CT molecular complexity index is 1670. The fraction of sp³-hybridized carbons (Fsp3) is 0.172. The Morgan fingerprint density at radius 1 is 1.18 bits per heavy atom. The number of aromatic amines is 2. The maximum absolute atomic E-state index is 14.6. The van der Waals surface area contributed by atoms with Gasteiger partial charge in [0.15, 0.2) is 5.82 Å². The second kappa shape index (κ2) is 10.4. The van der Waals surface area contributed by atoms with E-state index in [-0.39, 0.29) is 11.9 Å². The van der Waals surface area contributed by atoms with Gasteiger partial charge in [-0.15, -0.1) is 0 Å². The van der Waals surface area contributed by atoms with Crippen molar-refractivity contribution in [3.63, 3.8) is 0 Å². The van der Waals surface area contributed by atoms with Gasteiger partial charge in [-0.05, 0) is 31.6 Å². The smallest absolute Gasteiger partial charge is 0.159 e. The Kier molecular flexibility index (Phi) is 6.85.